The standard InChI is InChI=1S/C19H20F3N3O4S/c1-5-18(3)10-29-16-14(30(27,28)24-18)9-25(4)15(16)17(26)23-12-7-6-11(2)13(8-12)19(20,21)22/h5-9,24H,1,10H2,2-4H3,(H,23,26)/t18-/m1/s1. The normalized spacial score (nSPS) is 20.6. The fourth-order valence-corrected chi connectivity index (χ4v) is 4.64. The van der Waals surface area contributed by atoms with E-state index in [0.29, 0.717) is 0 Å². The number of amides is 1. The van der Waals surface area contributed by atoms with E-state index in [0.717, 1.165) is 6.07 Å². The second-order valence-corrected chi connectivity index (χ2v) is 8.93. The van der Waals surface area contributed by atoms with Crippen LogP contribution >= 0.6 is 0 Å². The summed E-state index contributed by atoms with van der Waals surface area (Å²) in [5.41, 5.74) is -2.19. The van der Waals surface area contributed by atoms with Crippen molar-refractivity contribution in [3.8, 4) is 5.75 Å². The number of ether oxygens (including phenoxy) is 1. The topological polar surface area (TPSA) is 89.4 Å². The Hall–Kier alpha value is -2.79. The first kappa shape index (κ1) is 21.9. The number of halogens is 3. The molecule has 1 aromatic carbocycles. The van der Waals surface area contributed by atoms with Gasteiger partial charge >= 0.3 is 6.18 Å². The number of nitrogens with zero attached hydrogens (tertiary/aromatic N) is 1. The van der Waals surface area contributed by atoms with Crippen molar-refractivity contribution in [1.29, 1.82) is 0 Å². The summed E-state index contributed by atoms with van der Waals surface area (Å²) in [7, 11) is -2.60. The minimum Gasteiger partial charge on any atom is -0.487 e. The van der Waals surface area contributed by atoms with Gasteiger partial charge in [0.15, 0.2) is 11.4 Å². The Balaban J connectivity index is 2.01. The Labute approximate surface area is 171 Å². The minimum atomic E-state index is -4.58. The molecule has 0 spiro atoms. The molecule has 2 aromatic rings. The Morgan fingerprint density at radius 3 is 2.67 bits per heavy atom. The maximum Gasteiger partial charge on any atom is 0.416 e. The SMILES string of the molecule is C=C[C@]1(C)COc2c(cn(C)c2C(=O)Nc2ccc(C)c(C(F)(F)F)c2)S(=O)(=O)N1. The number of hydrogen-bond acceptors (Lipinski definition) is 4. The predicted molar refractivity (Wildman–Crippen MR) is 104 cm³/mol. The monoisotopic (exact) mass is 443 g/mol. The Morgan fingerprint density at radius 1 is 1.40 bits per heavy atom. The van der Waals surface area contributed by atoms with Crippen molar-refractivity contribution >= 4 is 21.6 Å². The summed E-state index contributed by atoms with van der Waals surface area (Å²) in [6.07, 6.45) is -2.00. The highest BCUT2D eigenvalue weighted by atomic mass is 32.2. The number of alkyl halides is 3. The lowest BCUT2D eigenvalue weighted by Crippen LogP contribution is -2.46. The van der Waals surface area contributed by atoms with E-state index in [2.05, 4.69) is 16.6 Å². The zero-order valence-electron chi connectivity index (χ0n) is 16.4. The third-order valence-corrected chi connectivity index (χ3v) is 6.35. The number of aromatic nitrogens is 1. The van der Waals surface area contributed by atoms with Gasteiger partial charge in [0.05, 0.1) is 11.1 Å². The summed E-state index contributed by atoms with van der Waals surface area (Å²) in [6.45, 7) is 6.34. The van der Waals surface area contributed by atoms with Gasteiger partial charge in [-0.25, -0.2) is 8.42 Å². The largest absolute Gasteiger partial charge is 0.487 e. The number of carbonyl (C=O) groups excluding carboxylic acids is 1. The fraction of sp³-hybridized carbons (Fsp3) is 0.316. The molecule has 0 saturated carbocycles. The molecule has 3 rings (SSSR count). The molecule has 0 fully saturated rings. The highest BCUT2D eigenvalue weighted by molar-refractivity contribution is 7.89. The number of aryl methyl sites for hydroxylation is 2. The number of rotatable bonds is 3. The molecule has 0 radical (unpaired) electrons. The fourth-order valence-electron chi connectivity index (χ4n) is 3.08. The molecule has 1 amide bonds. The quantitative estimate of drug-likeness (QED) is 0.713. The molecular formula is C19H20F3N3O4S. The van der Waals surface area contributed by atoms with Crippen molar-refractivity contribution in [3.05, 3.63) is 53.9 Å². The first-order valence-electron chi connectivity index (χ1n) is 8.76. The lowest BCUT2D eigenvalue weighted by Gasteiger charge is -2.23. The molecule has 0 bridgehead atoms. The zero-order valence-corrected chi connectivity index (χ0v) is 17.2. The van der Waals surface area contributed by atoms with Gasteiger partial charge in [-0.15, -0.1) is 6.58 Å². The lowest BCUT2D eigenvalue weighted by atomic mass is 10.1. The van der Waals surface area contributed by atoms with Gasteiger partial charge in [-0.05, 0) is 31.5 Å². The van der Waals surface area contributed by atoms with Gasteiger partial charge in [0.1, 0.15) is 11.5 Å². The average Bonchev–Trinajstić information content (AvgIpc) is 2.93. The van der Waals surface area contributed by atoms with Crippen LogP contribution in [0.15, 0.2) is 41.9 Å². The Bertz CT molecular complexity index is 1140. The summed E-state index contributed by atoms with van der Waals surface area (Å²) in [6, 6.07) is 3.39. The van der Waals surface area contributed by atoms with Crippen molar-refractivity contribution in [2.24, 2.45) is 7.05 Å². The highest BCUT2D eigenvalue weighted by Crippen LogP contribution is 2.36. The average molecular weight is 443 g/mol. The first-order valence-corrected chi connectivity index (χ1v) is 10.2. The van der Waals surface area contributed by atoms with Gasteiger partial charge in [0.2, 0.25) is 10.0 Å². The van der Waals surface area contributed by atoms with Crippen molar-refractivity contribution in [1.82, 2.24) is 9.29 Å². The van der Waals surface area contributed by atoms with E-state index in [9.17, 15) is 26.4 Å². The molecule has 1 aliphatic heterocycles. The van der Waals surface area contributed by atoms with Gasteiger partial charge in [0.25, 0.3) is 5.91 Å². The van der Waals surface area contributed by atoms with E-state index < -0.39 is 33.2 Å². The van der Waals surface area contributed by atoms with Crippen LogP contribution in [0.25, 0.3) is 0 Å². The van der Waals surface area contributed by atoms with Gasteiger partial charge < -0.3 is 14.6 Å². The minimum absolute atomic E-state index is 0.0115. The maximum absolute atomic E-state index is 13.1. The number of sulfonamides is 1. The zero-order chi connectivity index (χ0) is 22.5. The van der Waals surface area contributed by atoms with Crippen LogP contribution < -0.4 is 14.8 Å². The van der Waals surface area contributed by atoms with Gasteiger partial charge in [-0.3, -0.25) is 4.79 Å². The molecule has 1 aliphatic rings. The van der Waals surface area contributed by atoms with Crippen LogP contribution in [0.5, 0.6) is 5.75 Å². The number of benzene rings is 1. The van der Waals surface area contributed by atoms with Crippen LogP contribution in [-0.2, 0) is 23.2 Å². The van der Waals surface area contributed by atoms with Crippen LogP contribution in [0.1, 0.15) is 28.5 Å². The molecule has 11 heteroatoms. The molecular weight excluding hydrogens is 423 g/mol. The smallest absolute Gasteiger partial charge is 0.416 e. The molecule has 1 aromatic heterocycles. The summed E-state index contributed by atoms with van der Waals surface area (Å²) in [5, 5.41) is 2.38. The van der Waals surface area contributed by atoms with Crippen molar-refractivity contribution < 1.29 is 31.1 Å². The highest BCUT2D eigenvalue weighted by Gasteiger charge is 2.39. The van der Waals surface area contributed by atoms with E-state index in [1.54, 1.807) is 6.92 Å². The molecule has 162 valence electrons. The molecule has 0 unspecified atom stereocenters. The summed E-state index contributed by atoms with van der Waals surface area (Å²) in [4.78, 5) is 12.6. The van der Waals surface area contributed by atoms with Crippen molar-refractivity contribution in [2.45, 2.75) is 30.5 Å². The van der Waals surface area contributed by atoms with Gasteiger partial charge in [-0.2, -0.15) is 17.9 Å². The molecule has 30 heavy (non-hydrogen) atoms. The number of anilines is 1. The number of carbonyl (C=O) groups is 1. The van der Waals surface area contributed by atoms with E-state index in [4.69, 9.17) is 4.74 Å². The number of hydrogen-bond donors (Lipinski definition) is 2. The number of fused-ring (bicyclic) bond motifs is 1. The lowest BCUT2D eigenvalue weighted by molar-refractivity contribution is -0.138. The molecule has 7 nitrogen and oxygen atoms in total. The maximum atomic E-state index is 13.1. The third-order valence-electron chi connectivity index (χ3n) is 4.74. The molecule has 0 saturated heterocycles. The van der Waals surface area contributed by atoms with E-state index in [1.165, 1.54) is 42.9 Å². The van der Waals surface area contributed by atoms with Crippen LogP contribution in [0.2, 0.25) is 0 Å². The summed E-state index contributed by atoms with van der Waals surface area (Å²) < 4.78 is 74.2. The van der Waals surface area contributed by atoms with E-state index in [1.807, 2.05) is 0 Å². The van der Waals surface area contributed by atoms with Crippen molar-refractivity contribution in [3.63, 3.8) is 0 Å². The number of nitrogens with one attached hydrogen (secondary N) is 2. The van der Waals surface area contributed by atoms with Crippen LogP contribution in [0, 0.1) is 6.92 Å². The molecule has 0 aliphatic carbocycles. The van der Waals surface area contributed by atoms with Crippen molar-refractivity contribution in [2.75, 3.05) is 11.9 Å². The Morgan fingerprint density at radius 2 is 2.07 bits per heavy atom. The first-order chi connectivity index (χ1) is 13.8. The molecule has 2 heterocycles. The van der Waals surface area contributed by atoms with E-state index >= 15 is 0 Å². The molecule has 2 N–H and O–H groups in total. The predicted octanol–water partition coefficient (Wildman–Crippen LogP) is 3.22. The van der Waals surface area contributed by atoms with E-state index in [-0.39, 0.29) is 34.2 Å². The van der Waals surface area contributed by atoms with Gasteiger partial charge in [0, 0.05) is 18.9 Å². The summed E-state index contributed by atoms with van der Waals surface area (Å²) >= 11 is 0. The van der Waals surface area contributed by atoms with Crippen LogP contribution in [0.3, 0.4) is 0 Å². The second-order valence-electron chi connectivity index (χ2n) is 7.28. The van der Waals surface area contributed by atoms with Gasteiger partial charge in [-0.1, -0.05) is 12.1 Å². The molecule has 1 atom stereocenters. The van der Waals surface area contributed by atoms with Crippen LogP contribution in [0.4, 0.5) is 18.9 Å². The second kappa shape index (κ2) is 7.17. The third kappa shape index (κ3) is 3.94. The van der Waals surface area contributed by atoms with Crippen LogP contribution in [-0.4, -0.2) is 31.0 Å². The summed E-state index contributed by atoms with van der Waals surface area (Å²) in [5.74, 6) is -0.996. The Kier molecular flexibility index (Phi) is 5.23.